The third kappa shape index (κ3) is 2.02. The molecular formula is C15H14N2O5. The molecule has 7 heteroatoms. The summed E-state index contributed by atoms with van der Waals surface area (Å²) in [5, 5.41) is 18.9. The Labute approximate surface area is 125 Å². The van der Waals surface area contributed by atoms with Crippen molar-refractivity contribution in [1.29, 1.82) is 0 Å². The van der Waals surface area contributed by atoms with Crippen LogP contribution in [0, 0.1) is 0 Å². The maximum Gasteiger partial charge on any atom is 0.335 e. The molecule has 1 aromatic heterocycles. The summed E-state index contributed by atoms with van der Waals surface area (Å²) >= 11 is 0. The summed E-state index contributed by atoms with van der Waals surface area (Å²) in [6.07, 6.45) is 0.573. The van der Waals surface area contributed by atoms with Crippen LogP contribution >= 0.6 is 0 Å². The third-order valence-corrected chi connectivity index (χ3v) is 3.96. The van der Waals surface area contributed by atoms with Crippen molar-refractivity contribution < 1.29 is 24.6 Å². The number of likely N-dealkylation sites (N-methyl/N-ethyl adjacent to an activating group) is 1. The van der Waals surface area contributed by atoms with Crippen molar-refractivity contribution >= 4 is 28.7 Å². The zero-order valence-corrected chi connectivity index (χ0v) is 11.9. The lowest BCUT2D eigenvalue weighted by Gasteiger charge is -2.24. The van der Waals surface area contributed by atoms with Gasteiger partial charge < -0.3 is 19.7 Å². The van der Waals surface area contributed by atoms with Gasteiger partial charge in [-0.25, -0.2) is 4.79 Å². The van der Waals surface area contributed by atoms with Gasteiger partial charge in [-0.3, -0.25) is 9.59 Å². The largest absolute Gasteiger partial charge is 0.480 e. The van der Waals surface area contributed by atoms with Crippen molar-refractivity contribution in [2.45, 2.75) is 13.0 Å². The van der Waals surface area contributed by atoms with E-state index in [1.54, 1.807) is 13.1 Å². The Hall–Kier alpha value is -2.83. The number of aromatic nitrogens is 1. The Morgan fingerprint density at radius 3 is 2.64 bits per heavy atom. The molecule has 0 atom stereocenters. The molecule has 0 aliphatic carbocycles. The van der Waals surface area contributed by atoms with Gasteiger partial charge in [0.05, 0.1) is 5.56 Å². The number of fused-ring (bicyclic) bond motifs is 3. The van der Waals surface area contributed by atoms with Crippen LogP contribution in [0.5, 0.6) is 0 Å². The number of amides is 1. The lowest BCUT2D eigenvalue weighted by Crippen LogP contribution is -2.35. The molecule has 0 spiro atoms. The molecule has 0 radical (unpaired) electrons. The fourth-order valence-corrected chi connectivity index (χ4v) is 2.92. The molecule has 0 fully saturated rings. The number of hydrogen-bond acceptors (Lipinski definition) is 3. The average Bonchev–Trinajstić information content (AvgIpc) is 2.76. The number of carboxylic acid groups (broad SMARTS) is 2. The second kappa shape index (κ2) is 4.87. The first-order chi connectivity index (χ1) is 10.4. The maximum atomic E-state index is 12.4. The Morgan fingerprint density at radius 2 is 2.00 bits per heavy atom. The topological polar surface area (TPSA) is 99.8 Å². The van der Waals surface area contributed by atoms with E-state index in [0.717, 1.165) is 5.56 Å². The summed E-state index contributed by atoms with van der Waals surface area (Å²) in [4.78, 5) is 36.2. The Kier molecular flexibility index (Phi) is 3.13. The van der Waals surface area contributed by atoms with E-state index in [9.17, 15) is 14.4 Å². The first kappa shape index (κ1) is 14.1. The summed E-state index contributed by atoms with van der Waals surface area (Å²) in [7, 11) is 1.66. The molecule has 0 unspecified atom stereocenters. The predicted molar refractivity (Wildman–Crippen MR) is 77.2 cm³/mol. The Morgan fingerprint density at radius 1 is 1.27 bits per heavy atom. The molecule has 2 heterocycles. The fraction of sp³-hybridized carbons (Fsp3) is 0.267. The molecular weight excluding hydrogens is 288 g/mol. The summed E-state index contributed by atoms with van der Waals surface area (Å²) in [5.41, 5.74) is 1.76. The van der Waals surface area contributed by atoms with E-state index in [0.29, 0.717) is 29.6 Å². The zero-order chi connectivity index (χ0) is 16.0. The van der Waals surface area contributed by atoms with Crippen molar-refractivity contribution in [3.05, 3.63) is 35.0 Å². The molecule has 2 N–H and O–H groups in total. The second-order valence-electron chi connectivity index (χ2n) is 5.32. The molecule has 114 valence electrons. The predicted octanol–water partition coefficient (Wildman–Crippen LogP) is 1.05. The maximum absolute atomic E-state index is 12.4. The highest BCUT2D eigenvalue weighted by Crippen LogP contribution is 2.31. The number of hydrogen-bond donors (Lipinski definition) is 2. The van der Waals surface area contributed by atoms with Crippen LogP contribution in [0.1, 0.15) is 26.4 Å². The van der Waals surface area contributed by atoms with Gasteiger partial charge in [0.25, 0.3) is 5.91 Å². The molecule has 0 saturated heterocycles. The molecule has 0 saturated carbocycles. The van der Waals surface area contributed by atoms with Crippen LogP contribution in [0.25, 0.3) is 10.9 Å². The minimum absolute atomic E-state index is 0.120. The van der Waals surface area contributed by atoms with Crippen LogP contribution in [0.15, 0.2) is 18.2 Å². The molecule has 1 aliphatic heterocycles. The summed E-state index contributed by atoms with van der Waals surface area (Å²) < 4.78 is 1.45. The number of rotatable bonds is 3. The van der Waals surface area contributed by atoms with E-state index >= 15 is 0 Å². The summed E-state index contributed by atoms with van der Waals surface area (Å²) in [6, 6.07) is 4.49. The van der Waals surface area contributed by atoms with E-state index in [2.05, 4.69) is 0 Å². The van der Waals surface area contributed by atoms with Gasteiger partial charge in [0.1, 0.15) is 12.2 Å². The Balaban J connectivity index is 2.33. The minimum atomic E-state index is -1.05. The molecule has 7 nitrogen and oxygen atoms in total. The molecule has 1 aromatic carbocycles. The van der Waals surface area contributed by atoms with Crippen molar-refractivity contribution in [2.75, 3.05) is 13.6 Å². The lowest BCUT2D eigenvalue weighted by molar-refractivity contribution is -0.137. The van der Waals surface area contributed by atoms with Crippen LogP contribution in [0.2, 0.25) is 0 Å². The van der Waals surface area contributed by atoms with Crippen molar-refractivity contribution in [3.63, 3.8) is 0 Å². The summed E-state index contributed by atoms with van der Waals surface area (Å²) in [5.74, 6) is -2.35. The number of carbonyl (C=O) groups excluding carboxylic acids is 1. The monoisotopic (exact) mass is 302 g/mol. The van der Waals surface area contributed by atoms with Gasteiger partial charge in [0, 0.05) is 24.5 Å². The van der Waals surface area contributed by atoms with E-state index < -0.39 is 11.9 Å². The quantitative estimate of drug-likeness (QED) is 0.883. The molecule has 2 aromatic rings. The lowest BCUT2D eigenvalue weighted by atomic mass is 10.0. The van der Waals surface area contributed by atoms with Crippen molar-refractivity contribution in [3.8, 4) is 0 Å². The Bertz CT molecular complexity index is 821. The van der Waals surface area contributed by atoms with Gasteiger partial charge in [-0.15, -0.1) is 0 Å². The van der Waals surface area contributed by atoms with Crippen LogP contribution in [-0.2, 0) is 17.8 Å². The van der Waals surface area contributed by atoms with Crippen LogP contribution in [0.3, 0.4) is 0 Å². The molecule has 1 aliphatic rings. The van der Waals surface area contributed by atoms with Crippen molar-refractivity contribution in [1.82, 2.24) is 9.47 Å². The zero-order valence-electron chi connectivity index (χ0n) is 11.9. The number of nitrogens with zero attached hydrogens (tertiary/aromatic N) is 2. The fourth-order valence-electron chi connectivity index (χ4n) is 2.92. The number of benzene rings is 1. The van der Waals surface area contributed by atoms with Gasteiger partial charge in [-0.2, -0.15) is 0 Å². The van der Waals surface area contributed by atoms with E-state index in [1.165, 1.54) is 21.6 Å². The molecule has 0 bridgehead atoms. The SMILES string of the molecule is CN1CCc2c(n(CC(=O)O)c3ccc(C(=O)O)cc23)C1=O. The van der Waals surface area contributed by atoms with E-state index in [1.807, 2.05) is 0 Å². The number of carboxylic acids is 2. The van der Waals surface area contributed by atoms with Gasteiger partial charge in [0.2, 0.25) is 0 Å². The normalized spacial score (nSPS) is 14.2. The summed E-state index contributed by atoms with van der Waals surface area (Å²) in [6.45, 7) is 0.188. The van der Waals surface area contributed by atoms with Gasteiger partial charge in [-0.05, 0) is 30.2 Å². The second-order valence-corrected chi connectivity index (χ2v) is 5.32. The van der Waals surface area contributed by atoms with Crippen LogP contribution in [-0.4, -0.2) is 51.1 Å². The van der Waals surface area contributed by atoms with Gasteiger partial charge in [-0.1, -0.05) is 0 Å². The first-order valence-electron chi connectivity index (χ1n) is 6.76. The third-order valence-electron chi connectivity index (χ3n) is 3.96. The highest BCUT2D eigenvalue weighted by atomic mass is 16.4. The molecule has 1 amide bonds. The number of aliphatic carboxylic acids is 1. The molecule has 3 rings (SSSR count). The minimum Gasteiger partial charge on any atom is -0.480 e. The molecule has 22 heavy (non-hydrogen) atoms. The van der Waals surface area contributed by atoms with Crippen molar-refractivity contribution in [2.24, 2.45) is 0 Å². The van der Waals surface area contributed by atoms with E-state index in [4.69, 9.17) is 10.2 Å². The smallest absolute Gasteiger partial charge is 0.335 e. The number of carbonyl (C=O) groups is 3. The number of aromatic carboxylic acids is 1. The van der Waals surface area contributed by atoms with E-state index in [-0.39, 0.29) is 18.0 Å². The average molecular weight is 302 g/mol. The highest BCUT2D eigenvalue weighted by Gasteiger charge is 2.30. The van der Waals surface area contributed by atoms with Crippen LogP contribution < -0.4 is 0 Å². The standard InChI is InChI=1S/C15H14N2O5/c1-16-5-4-9-10-6-8(15(21)22)2-3-11(10)17(7-12(18)19)13(9)14(16)20/h2-3,6H,4-5,7H2,1H3,(H,18,19)(H,21,22). The van der Waals surface area contributed by atoms with Gasteiger partial charge in [0.15, 0.2) is 0 Å². The van der Waals surface area contributed by atoms with Gasteiger partial charge >= 0.3 is 11.9 Å². The highest BCUT2D eigenvalue weighted by molar-refractivity contribution is 6.05. The van der Waals surface area contributed by atoms with Crippen LogP contribution in [0.4, 0.5) is 0 Å². The first-order valence-corrected chi connectivity index (χ1v) is 6.76.